The highest BCUT2D eigenvalue weighted by Gasteiger charge is 2.15. The Kier molecular flexibility index (Phi) is 9.30. The number of anilines is 1. The number of benzene rings is 2. The predicted molar refractivity (Wildman–Crippen MR) is 126 cm³/mol. The number of hydrogen-bond acceptors (Lipinski definition) is 6. The fraction of sp³-hybridized carbons (Fsp3) is 0.192. The molecule has 1 N–H and O–H groups in total. The molecule has 168 valence electrons. The number of hydrogen-bond donors (Lipinski definition) is 1. The molecule has 1 amide bonds. The largest absolute Gasteiger partial charge is 0.490 e. The molecule has 0 saturated heterocycles. The van der Waals surface area contributed by atoms with E-state index in [1.807, 2.05) is 13.0 Å². The van der Waals surface area contributed by atoms with Crippen molar-refractivity contribution in [1.29, 1.82) is 5.26 Å². The lowest BCUT2D eigenvalue weighted by Crippen LogP contribution is -2.13. The minimum Gasteiger partial charge on any atom is -0.490 e. The van der Waals surface area contributed by atoms with E-state index in [-0.39, 0.29) is 12.2 Å². The lowest BCUT2D eigenvalue weighted by Gasteiger charge is -2.15. The molecule has 0 bridgehead atoms. The van der Waals surface area contributed by atoms with Crippen LogP contribution in [0.5, 0.6) is 11.5 Å². The zero-order valence-electron chi connectivity index (χ0n) is 18.5. The van der Waals surface area contributed by atoms with Gasteiger partial charge >= 0.3 is 5.97 Å². The fourth-order valence-electron chi connectivity index (χ4n) is 2.94. The number of nitrogens with one attached hydrogen (secondary N) is 1. The zero-order valence-corrected chi connectivity index (χ0v) is 18.5. The fourth-order valence-corrected chi connectivity index (χ4v) is 2.94. The number of carbonyl (C=O) groups is 2. The quantitative estimate of drug-likeness (QED) is 0.194. The maximum absolute atomic E-state index is 12.7. The van der Waals surface area contributed by atoms with Crippen LogP contribution in [0.25, 0.3) is 6.08 Å². The molecule has 2 aromatic carbocycles. The van der Waals surface area contributed by atoms with Gasteiger partial charge in [0.05, 0.1) is 19.3 Å². The number of methoxy groups -OCH3 is 1. The smallest absolute Gasteiger partial charge is 0.337 e. The number of carbonyl (C=O) groups excluding carboxylic acids is 2. The third-order valence-corrected chi connectivity index (χ3v) is 4.36. The summed E-state index contributed by atoms with van der Waals surface area (Å²) in [6.45, 7) is 6.05. The number of amides is 1. The van der Waals surface area contributed by atoms with Gasteiger partial charge in [-0.15, -0.1) is 13.0 Å². The van der Waals surface area contributed by atoms with Crippen molar-refractivity contribution >= 4 is 23.6 Å². The summed E-state index contributed by atoms with van der Waals surface area (Å²) in [5.41, 5.74) is 1.99. The minimum atomic E-state index is -0.598. The molecule has 0 saturated carbocycles. The summed E-state index contributed by atoms with van der Waals surface area (Å²) in [6, 6.07) is 11.5. The molecule has 0 radical (unpaired) electrons. The van der Waals surface area contributed by atoms with Crippen molar-refractivity contribution in [2.24, 2.45) is 0 Å². The molecule has 0 fully saturated rings. The van der Waals surface area contributed by atoms with E-state index in [4.69, 9.17) is 15.9 Å². The highest BCUT2D eigenvalue weighted by molar-refractivity contribution is 6.09. The maximum Gasteiger partial charge on any atom is 0.337 e. The van der Waals surface area contributed by atoms with Crippen LogP contribution in [0.4, 0.5) is 5.69 Å². The van der Waals surface area contributed by atoms with Gasteiger partial charge in [-0.3, -0.25) is 4.79 Å². The second kappa shape index (κ2) is 12.4. The maximum atomic E-state index is 12.7. The van der Waals surface area contributed by atoms with Crippen molar-refractivity contribution in [3.05, 3.63) is 71.3 Å². The van der Waals surface area contributed by atoms with E-state index in [9.17, 15) is 14.9 Å². The first-order valence-electron chi connectivity index (χ1n) is 10.1. The second-order valence-corrected chi connectivity index (χ2v) is 6.62. The topological polar surface area (TPSA) is 97.7 Å². The van der Waals surface area contributed by atoms with E-state index in [2.05, 4.69) is 22.6 Å². The molecular weight excluding hydrogens is 420 g/mol. The monoisotopic (exact) mass is 444 g/mol. The Labute approximate surface area is 193 Å². The van der Waals surface area contributed by atoms with Crippen LogP contribution >= 0.6 is 0 Å². The van der Waals surface area contributed by atoms with Crippen molar-refractivity contribution in [3.8, 4) is 29.9 Å². The molecule has 0 heterocycles. The number of allylic oxidation sites excluding steroid dienone is 1. The normalized spacial score (nSPS) is 10.4. The average molecular weight is 444 g/mol. The van der Waals surface area contributed by atoms with E-state index in [1.54, 1.807) is 30.3 Å². The van der Waals surface area contributed by atoms with E-state index in [0.717, 1.165) is 5.56 Å². The Morgan fingerprint density at radius 1 is 1.21 bits per heavy atom. The van der Waals surface area contributed by atoms with Crippen molar-refractivity contribution in [1.82, 2.24) is 0 Å². The highest BCUT2D eigenvalue weighted by atomic mass is 16.5. The third-order valence-electron chi connectivity index (χ3n) is 4.36. The molecule has 7 nitrogen and oxygen atoms in total. The van der Waals surface area contributed by atoms with Crippen LogP contribution in [-0.4, -0.2) is 32.2 Å². The predicted octanol–water partition coefficient (Wildman–Crippen LogP) is 4.16. The van der Waals surface area contributed by atoms with E-state index < -0.39 is 11.9 Å². The second-order valence-electron chi connectivity index (χ2n) is 6.62. The first-order valence-corrected chi connectivity index (χ1v) is 10.1. The summed E-state index contributed by atoms with van der Waals surface area (Å²) in [6.07, 6.45) is 8.95. The number of ether oxygens (including phenoxy) is 3. The standard InChI is InChI=1S/C26H24N2O5/c1-5-8-20-14-18(16-23(32-7-3)24(20)33-13-6-2)15-21(17-27)25(29)28-22-11-9-19(10-12-22)26(30)31-4/h2,5,9-12,14-16H,1,7-8,13H2,3-4H3,(H,28,29)/b21-15+. The molecule has 2 aromatic rings. The number of rotatable bonds is 10. The minimum absolute atomic E-state index is 0.0695. The third kappa shape index (κ3) is 6.75. The number of nitriles is 1. The average Bonchev–Trinajstić information content (AvgIpc) is 2.82. The molecule has 0 spiro atoms. The van der Waals surface area contributed by atoms with Crippen LogP contribution in [0.3, 0.4) is 0 Å². The van der Waals surface area contributed by atoms with Crippen molar-refractivity contribution in [3.63, 3.8) is 0 Å². The van der Waals surface area contributed by atoms with Crippen LogP contribution in [0.2, 0.25) is 0 Å². The van der Waals surface area contributed by atoms with E-state index in [0.29, 0.717) is 41.3 Å². The first kappa shape index (κ1) is 24.8. The Bertz CT molecular complexity index is 1130. The molecule has 0 atom stereocenters. The molecule has 7 heteroatoms. The number of esters is 1. The highest BCUT2D eigenvalue weighted by Crippen LogP contribution is 2.34. The van der Waals surface area contributed by atoms with E-state index >= 15 is 0 Å². The molecule has 0 aliphatic carbocycles. The number of terminal acetylenes is 1. The summed E-state index contributed by atoms with van der Waals surface area (Å²) in [5, 5.41) is 12.2. The summed E-state index contributed by atoms with van der Waals surface area (Å²) in [5.74, 6) is 2.29. The Morgan fingerprint density at radius 3 is 2.52 bits per heavy atom. The van der Waals surface area contributed by atoms with Crippen LogP contribution in [0.15, 0.2) is 54.6 Å². The molecule has 0 aliphatic rings. The lowest BCUT2D eigenvalue weighted by molar-refractivity contribution is -0.112. The van der Waals surface area contributed by atoms with Gasteiger partial charge in [0.25, 0.3) is 5.91 Å². The van der Waals surface area contributed by atoms with Gasteiger partial charge in [-0.25, -0.2) is 4.79 Å². The molecular formula is C26H24N2O5. The van der Waals surface area contributed by atoms with Gasteiger partial charge in [0.2, 0.25) is 0 Å². The molecule has 2 rings (SSSR count). The van der Waals surface area contributed by atoms with E-state index in [1.165, 1.54) is 25.3 Å². The van der Waals surface area contributed by atoms with Gasteiger partial charge in [0, 0.05) is 11.3 Å². The molecule has 0 unspecified atom stereocenters. The van der Waals surface area contributed by atoms with Crippen molar-refractivity contribution < 1.29 is 23.8 Å². The van der Waals surface area contributed by atoms with Gasteiger partial charge in [0.1, 0.15) is 18.2 Å². The van der Waals surface area contributed by atoms with Crippen LogP contribution < -0.4 is 14.8 Å². The summed E-state index contributed by atoms with van der Waals surface area (Å²) in [7, 11) is 1.28. The van der Waals surface area contributed by atoms with Gasteiger partial charge in [-0.1, -0.05) is 12.0 Å². The van der Waals surface area contributed by atoms with Gasteiger partial charge in [-0.05, 0) is 61.4 Å². The van der Waals surface area contributed by atoms with Crippen LogP contribution in [0, 0.1) is 23.7 Å². The molecule has 33 heavy (non-hydrogen) atoms. The Hall–Kier alpha value is -4.49. The lowest BCUT2D eigenvalue weighted by atomic mass is 10.0. The van der Waals surface area contributed by atoms with Gasteiger partial charge < -0.3 is 19.5 Å². The first-order chi connectivity index (χ1) is 16.0. The molecule has 0 aromatic heterocycles. The summed E-state index contributed by atoms with van der Waals surface area (Å²) >= 11 is 0. The Morgan fingerprint density at radius 2 is 1.94 bits per heavy atom. The van der Waals surface area contributed by atoms with Crippen LogP contribution in [-0.2, 0) is 16.0 Å². The SMILES string of the molecule is C#CCOc1c(CC=C)cc(/C=C(\C#N)C(=O)Nc2ccc(C(=O)OC)cc2)cc1OCC. The van der Waals surface area contributed by atoms with Crippen LogP contribution in [0.1, 0.15) is 28.4 Å². The van der Waals surface area contributed by atoms with Gasteiger partial charge in [0.15, 0.2) is 11.5 Å². The van der Waals surface area contributed by atoms with Crippen molar-refractivity contribution in [2.45, 2.75) is 13.3 Å². The summed E-state index contributed by atoms with van der Waals surface area (Å²) < 4.78 is 16.0. The van der Waals surface area contributed by atoms with Gasteiger partial charge in [-0.2, -0.15) is 5.26 Å². The summed E-state index contributed by atoms with van der Waals surface area (Å²) in [4.78, 5) is 24.2. The Balaban J connectivity index is 2.36. The molecule has 0 aliphatic heterocycles. The number of nitrogens with zero attached hydrogens (tertiary/aromatic N) is 1. The van der Waals surface area contributed by atoms with Crippen molar-refractivity contribution in [2.75, 3.05) is 25.6 Å². The zero-order chi connectivity index (χ0) is 24.2.